The Morgan fingerprint density at radius 3 is 2.88 bits per heavy atom. The Morgan fingerprint density at radius 2 is 2.12 bits per heavy atom. The predicted octanol–water partition coefficient (Wildman–Crippen LogP) is 2.85. The zero-order chi connectivity index (χ0) is 17.6. The van der Waals surface area contributed by atoms with Crippen molar-refractivity contribution in [3.05, 3.63) is 18.3 Å². The second kappa shape index (κ2) is 8.32. The first-order chi connectivity index (χ1) is 12.1. The van der Waals surface area contributed by atoms with E-state index in [0.29, 0.717) is 37.1 Å². The molecule has 2 fully saturated rings. The maximum Gasteiger partial charge on any atom is 0.229 e. The number of rotatable bonds is 5. The highest BCUT2D eigenvalue weighted by molar-refractivity contribution is 5.95. The van der Waals surface area contributed by atoms with E-state index in [2.05, 4.69) is 10.3 Å². The van der Waals surface area contributed by atoms with Crippen LogP contribution in [0.4, 0.5) is 5.82 Å². The number of nitrogens with one attached hydrogen (secondary N) is 1. The van der Waals surface area contributed by atoms with Crippen molar-refractivity contribution < 1.29 is 14.3 Å². The summed E-state index contributed by atoms with van der Waals surface area (Å²) in [6, 6.07) is 3.65. The molecule has 0 unspecified atom stereocenters. The molecule has 1 aromatic heterocycles. The number of pyridine rings is 1. The van der Waals surface area contributed by atoms with E-state index in [1.807, 2.05) is 12.1 Å². The molecule has 0 bridgehead atoms. The van der Waals surface area contributed by atoms with Gasteiger partial charge in [0, 0.05) is 32.1 Å². The van der Waals surface area contributed by atoms with Crippen LogP contribution < -0.4 is 10.1 Å². The maximum absolute atomic E-state index is 12.5. The average Bonchev–Trinajstić information content (AvgIpc) is 2.64. The van der Waals surface area contributed by atoms with Gasteiger partial charge in [0.1, 0.15) is 0 Å². The number of carbonyl (C=O) groups is 2. The molecule has 2 amide bonds. The van der Waals surface area contributed by atoms with E-state index in [1.54, 1.807) is 18.1 Å². The third-order valence-electron chi connectivity index (χ3n) is 5.24. The highest BCUT2D eigenvalue weighted by Gasteiger charge is 2.29. The van der Waals surface area contributed by atoms with Gasteiger partial charge in [0.15, 0.2) is 11.6 Å². The van der Waals surface area contributed by atoms with Gasteiger partial charge in [-0.1, -0.05) is 19.3 Å². The van der Waals surface area contributed by atoms with Crippen molar-refractivity contribution in [2.75, 3.05) is 25.5 Å². The number of nitrogens with zero attached hydrogens (tertiary/aromatic N) is 2. The highest BCUT2D eigenvalue weighted by Crippen LogP contribution is 2.28. The SMILES string of the molecule is CN1CC[C@H](C(=O)Nc2ncccc2OCC2CCCCC2)CC1=O. The van der Waals surface area contributed by atoms with Crippen molar-refractivity contribution >= 4 is 17.6 Å². The van der Waals surface area contributed by atoms with Gasteiger partial charge in [-0.15, -0.1) is 0 Å². The number of carbonyl (C=O) groups excluding carboxylic acids is 2. The summed E-state index contributed by atoms with van der Waals surface area (Å²) in [5.41, 5.74) is 0. The second-order valence-electron chi connectivity index (χ2n) is 7.16. The molecule has 6 nitrogen and oxygen atoms in total. The van der Waals surface area contributed by atoms with Crippen LogP contribution in [0.2, 0.25) is 0 Å². The Balaban J connectivity index is 1.58. The van der Waals surface area contributed by atoms with Gasteiger partial charge in [-0.05, 0) is 37.3 Å². The van der Waals surface area contributed by atoms with Gasteiger partial charge < -0.3 is 15.0 Å². The maximum atomic E-state index is 12.5. The zero-order valence-corrected chi connectivity index (χ0v) is 14.9. The van der Waals surface area contributed by atoms with Crippen LogP contribution in [0.25, 0.3) is 0 Å². The standard InChI is InChI=1S/C19H27N3O3/c1-22-11-9-15(12-17(22)23)19(24)21-18-16(8-5-10-20-18)25-13-14-6-3-2-4-7-14/h5,8,10,14-15H,2-4,6-7,9,11-13H2,1H3,(H,20,21,24)/t15-/m0/s1. The Morgan fingerprint density at radius 1 is 1.32 bits per heavy atom. The quantitative estimate of drug-likeness (QED) is 0.891. The normalized spacial score (nSPS) is 21.9. The predicted molar refractivity (Wildman–Crippen MR) is 95.3 cm³/mol. The molecule has 2 aliphatic rings. The first kappa shape index (κ1) is 17.7. The molecule has 0 aromatic carbocycles. The number of amides is 2. The molecule has 1 saturated heterocycles. The highest BCUT2D eigenvalue weighted by atomic mass is 16.5. The number of anilines is 1. The lowest BCUT2D eigenvalue weighted by Crippen LogP contribution is -2.40. The van der Waals surface area contributed by atoms with E-state index in [-0.39, 0.29) is 24.2 Å². The Kier molecular flexibility index (Phi) is 5.89. The second-order valence-corrected chi connectivity index (χ2v) is 7.16. The molecular weight excluding hydrogens is 318 g/mol. The number of piperidine rings is 1. The fourth-order valence-electron chi connectivity index (χ4n) is 3.55. The summed E-state index contributed by atoms with van der Waals surface area (Å²) in [5, 5.41) is 2.86. The molecular formula is C19H27N3O3. The van der Waals surface area contributed by atoms with Crippen LogP contribution in [0.15, 0.2) is 18.3 Å². The summed E-state index contributed by atoms with van der Waals surface area (Å²) >= 11 is 0. The molecule has 1 aromatic rings. The summed E-state index contributed by atoms with van der Waals surface area (Å²) in [6.45, 7) is 1.28. The molecule has 1 aliphatic carbocycles. The lowest BCUT2D eigenvalue weighted by Gasteiger charge is -2.28. The summed E-state index contributed by atoms with van der Waals surface area (Å²) in [7, 11) is 1.77. The van der Waals surface area contributed by atoms with Crippen LogP contribution >= 0.6 is 0 Å². The summed E-state index contributed by atoms with van der Waals surface area (Å²) in [6.07, 6.45) is 8.86. The molecule has 0 radical (unpaired) electrons. The van der Waals surface area contributed by atoms with Crippen LogP contribution in [0, 0.1) is 11.8 Å². The lowest BCUT2D eigenvalue weighted by molar-refractivity contribution is -0.137. The minimum absolute atomic E-state index is 0.0150. The van der Waals surface area contributed by atoms with Crippen LogP contribution in [0.1, 0.15) is 44.9 Å². The summed E-state index contributed by atoms with van der Waals surface area (Å²) in [4.78, 5) is 30.2. The number of hydrogen-bond acceptors (Lipinski definition) is 4. The van der Waals surface area contributed by atoms with Crippen LogP contribution in [0.5, 0.6) is 5.75 Å². The largest absolute Gasteiger partial charge is 0.489 e. The van der Waals surface area contributed by atoms with Crippen LogP contribution in [-0.2, 0) is 9.59 Å². The van der Waals surface area contributed by atoms with E-state index in [1.165, 1.54) is 32.1 Å². The van der Waals surface area contributed by atoms with Gasteiger partial charge in [0.25, 0.3) is 0 Å². The van der Waals surface area contributed by atoms with Crippen molar-refractivity contribution in [2.24, 2.45) is 11.8 Å². The molecule has 6 heteroatoms. The molecule has 136 valence electrons. The van der Waals surface area contributed by atoms with Crippen molar-refractivity contribution in [3.8, 4) is 5.75 Å². The molecule has 0 spiro atoms. The first-order valence-corrected chi connectivity index (χ1v) is 9.26. The number of likely N-dealkylation sites (tertiary alicyclic amines) is 1. The molecule has 1 N–H and O–H groups in total. The smallest absolute Gasteiger partial charge is 0.229 e. The van der Waals surface area contributed by atoms with Gasteiger partial charge in [-0.3, -0.25) is 9.59 Å². The minimum Gasteiger partial charge on any atom is -0.489 e. The lowest BCUT2D eigenvalue weighted by atomic mass is 9.90. The third-order valence-corrected chi connectivity index (χ3v) is 5.24. The minimum atomic E-state index is -0.295. The molecule has 1 saturated carbocycles. The van der Waals surface area contributed by atoms with Gasteiger partial charge >= 0.3 is 0 Å². The first-order valence-electron chi connectivity index (χ1n) is 9.26. The zero-order valence-electron chi connectivity index (χ0n) is 14.9. The van der Waals surface area contributed by atoms with Gasteiger partial charge in [-0.2, -0.15) is 0 Å². The van der Waals surface area contributed by atoms with Crippen LogP contribution in [0.3, 0.4) is 0 Å². The van der Waals surface area contributed by atoms with E-state index in [0.717, 1.165) is 0 Å². The Bertz CT molecular complexity index is 614. The number of ether oxygens (including phenoxy) is 1. The molecule has 25 heavy (non-hydrogen) atoms. The van der Waals surface area contributed by atoms with Crippen molar-refractivity contribution in [1.29, 1.82) is 0 Å². The molecule has 1 atom stereocenters. The molecule has 2 heterocycles. The van der Waals surface area contributed by atoms with Gasteiger partial charge in [0.05, 0.1) is 6.61 Å². The molecule has 1 aliphatic heterocycles. The van der Waals surface area contributed by atoms with Gasteiger partial charge in [-0.25, -0.2) is 4.98 Å². The van der Waals surface area contributed by atoms with E-state index in [9.17, 15) is 9.59 Å². The Labute approximate surface area is 148 Å². The van der Waals surface area contributed by atoms with Crippen molar-refractivity contribution in [1.82, 2.24) is 9.88 Å². The monoisotopic (exact) mass is 345 g/mol. The van der Waals surface area contributed by atoms with Gasteiger partial charge in [0.2, 0.25) is 11.8 Å². The van der Waals surface area contributed by atoms with E-state index < -0.39 is 0 Å². The molecule has 3 rings (SSSR count). The van der Waals surface area contributed by atoms with E-state index >= 15 is 0 Å². The summed E-state index contributed by atoms with van der Waals surface area (Å²) in [5.74, 6) is 1.22. The number of aromatic nitrogens is 1. The summed E-state index contributed by atoms with van der Waals surface area (Å²) < 4.78 is 5.95. The fourth-order valence-corrected chi connectivity index (χ4v) is 3.55. The van der Waals surface area contributed by atoms with E-state index in [4.69, 9.17) is 4.74 Å². The van der Waals surface area contributed by atoms with Crippen molar-refractivity contribution in [2.45, 2.75) is 44.9 Å². The third kappa shape index (κ3) is 4.71. The fraction of sp³-hybridized carbons (Fsp3) is 0.632. The Hall–Kier alpha value is -2.11. The average molecular weight is 345 g/mol. The van der Waals surface area contributed by atoms with Crippen LogP contribution in [-0.4, -0.2) is 41.9 Å². The topological polar surface area (TPSA) is 71.5 Å². The number of hydrogen-bond donors (Lipinski definition) is 1. The van der Waals surface area contributed by atoms with Crippen molar-refractivity contribution in [3.63, 3.8) is 0 Å².